The quantitative estimate of drug-likeness (QED) is 0.670. The van der Waals surface area contributed by atoms with Crippen LogP contribution in [0.15, 0.2) is 33.1 Å². The second-order valence-electron chi connectivity index (χ2n) is 4.97. The van der Waals surface area contributed by atoms with Crippen LogP contribution in [0.4, 0.5) is 0 Å². The molecule has 1 aromatic carbocycles. The van der Waals surface area contributed by atoms with Crippen LogP contribution < -0.4 is 0 Å². The Kier molecular flexibility index (Phi) is 3.24. The van der Waals surface area contributed by atoms with Crippen LogP contribution in [0.25, 0.3) is 10.2 Å². The van der Waals surface area contributed by atoms with Crippen molar-refractivity contribution in [1.29, 1.82) is 0 Å². The van der Waals surface area contributed by atoms with Gasteiger partial charge in [-0.25, -0.2) is 4.98 Å². The van der Waals surface area contributed by atoms with Crippen LogP contribution >= 0.6 is 23.1 Å². The minimum absolute atomic E-state index is 0.860. The third-order valence-corrected chi connectivity index (χ3v) is 5.83. The highest BCUT2D eigenvalue weighted by atomic mass is 32.2. The molecule has 0 saturated heterocycles. The van der Waals surface area contributed by atoms with Crippen molar-refractivity contribution in [3.8, 4) is 0 Å². The Morgan fingerprint density at radius 3 is 3.05 bits per heavy atom. The van der Waals surface area contributed by atoms with Gasteiger partial charge in [0.2, 0.25) is 0 Å². The van der Waals surface area contributed by atoms with E-state index in [4.69, 9.17) is 4.52 Å². The molecular formula is C15H14N2OS2. The van der Waals surface area contributed by atoms with E-state index in [0.29, 0.717) is 0 Å². The van der Waals surface area contributed by atoms with Crippen molar-refractivity contribution in [3.05, 3.63) is 41.3 Å². The Labute approximate surface area is 125 Å². The highest BCUT2D eigenvalue weighted by Crippen LogP contribution is 2.33. The minimum atomic E-state index is 0.860. The molecule has 1 aliphatic carbocycles. The van der Waals surface area contributed by atoms with Gasteiger partial charge in [0.25, 0.3) is 0 Å². The summed E-state index contributed by atoms with van der Waals surface area (Å²) in [6.45, 7) is 0. The van der Waals surface area contributed by atoms with Gasteiger partial charge in [-0.15, -0.1) is 11.3 Å². The van der Waals surface area contributed by atoms with Crippen LogP contribution in [0, 0.1) is 0 Å². The zero-order chi connectivity index (χ0) is 13.4. The molecule has 5 heteroatoms. The normalized spacial score (nSPS) is 14.6. The highest BCUT2D eigenvalue weighted by Gasteiger charge is 2.19. The molecule has 0 N–H and O–H groups in total. The van der Waals surface area contributed by atoms with Gasteiger partial charge in [0.1, 0.15) is 5.76 Å². The number of hydrogen-bond acceptors (Lipinski definition) is 5. The monoisotopic (exact) mass is 302 g/mol. The topological polar surface area (TPSA) is 38.9 Å². The summed E-state index contributed by atoms with van der Waals surface area (Å²) < 4.78 is 7.81. The maximum atomic E-state index is 5.45. The Morgan fingerprint density at radius 1 is 1.20 bits per heavy atom. The lowest BCUT2D eigenvalue weighted by Gasteiger charge is -2.08. The molecule has 2 heterocycles. The van der Waals surface area contributed by atoms with Gasteiger partial charge in [-0.1, -0.05) is 29.1 Å². The van der Waals surface area contributed by atoms with Crippen molar-refractivity contribution in [2.45, 2.75) is 35.8 Å². The molecule has 0 aliphatic heterocycles. The van der Waals surface area contributed by atoms with Gasteiger partial charge in [-0.2, -0.15) is 0 Å². The van der Waals surface area contributed by atoms with Crippen molar-refractivity contribution in [1.82, 2.24) is 10.1 Å². The fourth-order valence-corrected chi connectivity index (χ4v) is 4.63. The fraction of sp³-hybridized carbons (Fsp3) is 0.333. The Morgan fingerprint density at radius 2 is 2.10 bits per heavy atom. The predicted molar refractivity (Wildman–Crippen MR) is 82.3 cm³/mol. The molecule has 20 heavy (non-hydrogen) atoms. The fourth-order valence-electron chi connectivity index (χ4n) is 2.61. The summed E-state index contributed by atoms with van der Waals surface area (Å²) >= 11 is 3.51. The van der Waals surface area contributed by atoms with Gasteiger partial charge in [0, 0.05) is 17.7 Å². The van der Waals surface area contributed by atoms with Crippen molar-refractivity contribution in [3.63, 3.8) is 0 Å². The van der Waals surface area contributed by atoms with Gasteiger partial charge >= 0.3 is 0 Å². The Balaban J connectivity index is 1.54. The van der Waals surface area contributed by atoms with E-state index in [0.717, 1.165) is 39.9 Å². The minimum Gasteiger partial charge on any atom is -0.361 e. The van der Waals surface area contributed by atoms with Gasteiger partial charge in [-0.3, -0.25) is 0 Å². The maximum Gasteiger partial charge on any atom is 0.151 e. The first kappa shape index (κ1) is 12.4. The van der Waals surface area contributed by atoms with E-state index in [2.05, 4.69) is 28.3 Å². The first-order valence-corrected chi connectivity index (χ1v) is 8.65. The summed E-state index contributed by atoms with van der Waals surface area (Å²) in [7, 11) is 0. The molecule has 0 bridgehead atoms. The molecule has 0 amide bonds. The average molecular weight is 302 g/mol. The molecular weight excluding hydrogens is 288 g/mol. The number of rotatable bonds is 3. The first-order valence-electron chi connectivity index (χ1n) is 6.85. The predicted octanol–water partition coefficient (Wildman–Crippen LogP) is 4.46. The second-order valence-corrected chi connectivity index (χ2v) is 7.23. The number of nitrogens with zero attached hydrogens (tertiary/aromatic N) is 2. The molecule has 0 atom stereocenters. The zero-order valence-corrected chi connectivity index (χ0v) is 12.6. The van der Waals surface area contributed by atoms with Gasteiger partial charge in [-0.05, 0) is 31.4 Å². The number of fused-ring (bicyclic) bond motifs is 2. The smallest absolute Gasteiger partial charge is 0.151 e. The summed E-state index contributed by atoms with van der Waals surface area (Å²) in [4.78, 5) is 4.65. The molecule has 0 unspecified atom stereocenters. The van der Waals surface area contributed by atoms with E-state index in [1.807, 2.05) is 6.07 Å². The number of aromatic nitrogens is 2. The number of hydrogen-bond donors (Lipinski definition) is 0. The lowest BCUT2D eigenvalue weighted by Crippen LogP contribution is -2.01. The Bertz CT molecular complexity index is 714. The zero-order valence-electron chi connectivity index (χ0n) is 11.0. The molecule has 102 valence electrons. The second kappa shape index (κ2) is 5.22. The van der Waals surface area contributed by atoms with Crippen molar-refractivity contribution < 1.29 is 4.52 Å². The van der Waals surface area contributed by atoms with Crippen LogP contribution in [0.5, 0.6) is 0 Å². The molecule has 0 radical (unpaired) electrons. The Hall–Kier alpha value is -1.33. The van der Waals surface area contributed by atoms with Gasteiger partial charge in [0.15, 0.2) is 4.34 Å². The third kappa shape index (κ3) is 2.25. The summed E-state index contributed by atoms with van der Waals surface area (Å²) in [6, 6.07) is 8.27. The number of para-hydroxylation sites is 1. The molecule has 3 aromatic rings. The average Bonchev–Trinajstić information content (AvgIpc) is 3.08. The van der Waals surface area contributed by atoms with Crippen LogP contribution in [0.2, 0.25) is 0 Å². The first-order chi connectivity index (χ1) is 9.90. The van der Waals surface area contributed by atoms with E-state index in [9.17, 15) is 0 Å². The molecule has 0 fully saturated rings. The van der Waals surface area contributed by atoms with Crippen LogP contribution in [-0.4, -0.2) is 10.1 Å². The molecule has 1 aliphatic rings. The molecule has 0 spiro atoms. The van der Waals surface area contributed by atoms with Crippen LogP contribution in [0.1, 0.15) is 29.9 Å². The highest BCUT2D eigenvalue weighted by molar-refractivity contribution is 8.00. The summed E-state index contributed by atoms with van der Waals surface area (Å²) in [6.07, 6.45) is 4.66. The van der Waals surface area contributed by atoms with Crippen molar-refractivity contribution in [2.24, 2.45) is 0 Å². The van der Waals surface area contributed by atoms with E-state index < -0.39 is 0 Å². The van der Waals surface area contributed by atoms with Crippen molar-refractivity contribution >= 4 is 33.3 Å². The van der Waals surface area contributed by atoms with Crippen LogP contribution in [0.3, 0.4) is 0 Å². The maximum absolute atomic E-state index is 5.45. The summed E-state index contributed by atoms with van der Waals surface area (Å²) in [5.74, 6) is 1.97. The number of thioether (sulfide) groups is 1. The van der Waals surface area contributed by atoms with E-state index in [1.54, 1.807) is 23.1 Å². The lowest BCUT2D eigenvalue weighted by atomic mass is 9.97. The largest absolute Gasteiger partial charge is 0.361 e. The van der Waals surface area contributed by atoms with E-state index >= 15 is 0 Å². The standard InChI is InChI=1S/C15H14N2OS2/c1-3-7-13-10(5-1)12(17-18-13)9-19-15-16-11-6-2-4-8-14(11)20-15/h2,4,6,8H,1,3,5,7,9H2. The molecule has 2 aromatic heterocycles. The number of aryl methyl sites for hydroxylation is 1. The summed E-state index contributed by atoms with van der Waals surface area (Å²) in [5, 5.41) is 4.25. The van der Waals surface area contributed by atoms with Crippen molar-refractivity contribution in [2.75, 3.05) is 0 Å². The SMILES string of the molecule is c1ccc2sc(SCc3noc4c3CCCC4)nc2c1. The van der Waals surface area contributed by atoms with E-state index in [1.165, 1.54) is 23.1 Å². The van der Waals surface area contributed by atoms with Gasteiger partial charge < -0.3 is 4.52 Å². The van der Waals surface area contributed by atoms with Crippen LogP contribution in [-0.2, 0) is 18.6 Å². The summed E-state index contributed by atoms with van der Waals surface area (Å²) in [5.41, 5.74) is 3.55. The third-order valence-electron chi connectivity index (χ3n) is 3.64. The number of thiazole rings is 1. The molecule has 4 rings (SSSR count). The van der Waals surface area contributed by atoms with Gasteiger partial charge in [0.05, 0.1) is 15.9 Å². The molecule has 0 saturated carbocycles. The number of benzene rings is 1. The van der Waals surface area contributed by atoms with E-state index in [-0.39, 0.29) is 0 Å². The molecule has 3 nitrogen and oxygen atoms in total. The lowest BCUT2D eigenvalue weighted by molar-refractivity contribution is 0.369.